The van der Waals surface area contributed by atoms with Crippen LogP contribution in [0.15, 0.2) is 54.6 Å². The Bertz CT molecular complexity index is 528. The minimum absolute atomic E-state index is 1.02. The van der Waals surface area contributed by atoms with Gasteiger partial charge in [0.15, 0.2) is 0 Å². The van der Waals surface area contributed by atoms with Crippen molar-refractivity contribution in [2.75, 3.05) is 29.9 Å². The summed E-state index contributed by atoms with van der Waals surface area (Å²) in [5.74, 6) is 0. The Labute approximate surface area is 141 Å². The Morgan fingerprint density at radius 1 is 0.826 bits per heavy atom. The maximum atomic E-state index is 3.53. The molecular formula is C21H30N2. The molecule has 0 spiro atoms. The zero-order valence-electron chi connectivity index (χ0n) is 14.6. The summed E-state index contributed by atoms with van der Waals surface area (Å²) in [6.45, 7) is 7.77. The molecule has 2 rings (SSSR count). The fourth-order valence-corrected chi connectivity index (χ4v) is 2.87. The van der Waals surface area contributed by atoms with Crippen LogP contribution < -0.4 is 10.2 Å². The number of hydrogen-bond donors (Lipinski definition) is 1. The first-order chi connectivity index (χ1) is 11.3. The monoisotopic (exact) mass is 310 g/mol. The molecule has 0 amide bonds. The highest BCUT2D eigenvalue weighted by molar-refractivity contribution is 5.55. The van der Waals surface area contributed by atoms with E-state index in [2.05, 4.69) is 78.7 Å². The Hall–Kier alpha value is -1.96. The van der Waals surface area contributed by atoms with Gasteiger partial charge in [-0.3, -0.25) is 0 Å². The molecule has 2 heteroatoms. The molecule has 0 radical (unpaired) electrons. The van der Waals surface area contributed by atoms with Crippen molar-refractivity contribution in [3.63, 3.8) is 0 Å². The van der Waals surface area contributed by atoms with Crippen LogP contribution >= 0.6 is 0 Å². The maximum absolute atomic E-state index is 3.53. The van der Waals surface area contributed by atoms with Crippen molar-refractivity contribution in [1.82, 2.24) is 0 Å². The van der Waals surface area contributed by atoms with Gasteiger partial charge in [-0.15, -0.1) is 0 Å². The van der Waals surface area contributed by atoms with Crippen LogP contribution in [0.2, 0.25) is 0 Å². The van der Waals surface area contributed by atoms with Gasteiger partial charge in [0.05, 0.1) is 0 Å². The number of nitrogens with one attached hydrogen (secondary N) is 1. The van der Waals surface area contributed by atoms with Crippen LogP contribution in [0.1, 0.15) is 38.7 Å². The van der Waals surface area contributed by atoms with Crippen LogP contribution in [0.25, 0.3) is 0 Å². The Morgan fingerprint density at radius 3 is 2.09 bits per heavy atom. The van der Waals surface area contributed by atoms with Gasteiger partial charge in [-0.05, 0) is 55.5 Å². The Balaban J connectivity index is 1.78. The molecule has 23 heavy (non-hydrogen) atoms. The Morgan fingerprint density at radius 2 is 1.48 bits per heavy atom. The molecule has 2 aromatic rings. The van der Waals surface area contributed by atoms with Gasteiger partial charge >= 0.3 is 0 Å². The standard InChI is InChI=1S/C21H30N2/c1-3-17-23(18-4-2)21-14-12-20(13-15-21)22-16-8-11-19-9-6-5-7-10-19/h5-7,9-10,12-15,22H,3-4,8,11,16-18H2,1-2H3. The van der Waals surface area contributed by atoms with Crippen LogP contribution in [0.5, 0.6) is 0 Å². The van der Waals surface area contributed by atoms with Crippen molar-refractivity contribution in [1.29, 1.82) is 0 Å². The lowest BCUT2D eigenvalue weighted by molar-refractivity contribution is 0.745. The molecule has 0 aliphatic rings. The summed E-state index contributed by atoms with van der Waals surface area (Å²) in [4.78, 5) is 2.47. The highest BCUT2D eigenvalue weighted by atomic mass is 15.1. The summed E-state index contributed by atoms with van der Waals surface area (Å²) in [6.07, 6.45) is 4.68. The number of aryl methyl sites for hydroxylation is 1. The van der Waals surface area contributed by atoms with Crippen molar-refractivity contribution < 1.29 is 0 Å². The maximum Gasteiger partial charge on any atom is 0.0367 e. The van der Waals surface area contributed by atoms with E-state index in [1.165, 1.54) is 29.8 Å². The molecule has 0 atom stereocenters. The van der Waals surface area contributed by atoms with E-state index in [1.54, 1.807) is 0 Å². The number of nitrogens with zero attached hydrogens (tertiary/aromatic N) is 1. The molecule has 0 aliphatic heterocycles. The highest BCUT2D eigenvalue weighted by Crippen LogP contribution is 2.18. The molecular weight excluding hydrogens is 280 g/mol. The van der Waals surface area contributed by atoms with Gasteiger partial charge in [0.2, 0.25) is 0 Å². The van der Waals surface area contributed by atoms with Crippen molar-refractivity contribution in [2.24, 2.45) is 0 Å². The van der Waals surface area contributed by atoms with Crippen LogP contribution in [-0.2, 0) is 6.42 Å². The van der Waals surface area contributed by atoms with Crippen LogP contribution in [0.3, 0.4) is 0 Å². The molecule has 0 saturated carbocycles. The Kier molecular flexibility index (Phi) is 7.51. The second-order valence-electron chi connectivity index (χ2n) is 6.05. The lowest BCUT2D eigenvalue weighted by atomic mass is 10.1. The zero-order valence-corrected chi connectivity index (χ0v) is 14.6. The molecule has 0 fully saturated rings. The largest absolute Gasteiger partial charge is 0.385 e. The van der Waals surface area contributed by atoms with E-state index in [0.29, 0.717) is 0 Å². The van der Waals surface area contributed by atoms with Gasteiger partial charge in [0.25, 0.3) is 0 Å². The minimum atomic E-state index is 1.02. The average Bonchev–Trinajstić information content (AvgIpc) is 2.60. The summed E-state index contributed by atoms with van der Waals surface area (Å²) in [7, 11) is 0. The quantitative estimate of drug-likeness (QED) is 0.594. The van der Waals surface area contributed by atoms with E-state index in [9.17, 15) is 0 Å². The first-order valence-electron chi connectivity index (χ1n) is 8.96. The van der Waals surface area contributed by atoms with Crippen molar-refractivity contribution >= 4 is 11.4 Å². The molecule has 0 bridgehead atoms. The lowest BCUT2D eigenvalue weighted by Crippen LogP contribution is -2.24. The van der Waals surface area contributed by atoms with Crippen LogP contribution in [0, 0.1) is 0 Å². The molecule has 2 aromatic carbocycles. The number of rotatable bonds is 10. The molecule has 2 nitrogen and oxygen atoms in total. The summed E-state index contributed by atoms with van der Waals surface area (Å²) < 4.78 is 0. The first-order valence-corrected chi connectivity index (χ1v) is 8.96. The van der Waals surface area contributed by atoms with Gasteiger partial charge in [0, 0.05) is 31.0 Å². The second-order valence-corrected chi connectivity index (χ2v) is 6.05. The average molecular weight is 310 g/mol. The zero-order chi connectivity index (χ0) is 16.3. The van der Waals surface area contributed by atoms with Gasteiger partial charge in [0.1, 0.15) is 0 Å². The van der Waals surface area contributed by atoms with E-state index >= 15 is 0 Å². The number of benzene rings is 2. The van der Waals surface area contributed by atoms with E-state index in [0.717, 1.165) is 32.5 Å². The third kappa shape index (κ3) is 5.97. The van der Waals surface area contributed by atoms with E-state index in [4.69, 9.17) is 0 Å². The SMILES string of the molecule is CCCN(CCC)c1ccc(NCCCc2ccccc2)cc1. The van der Waals surface area contributed by atoms with Crippen LogP contribution in [-0.4, -0.2) is 19.6 Å². The number of hydrogen-bond acceptors (Lipinski definition) is 2. The van der Waals surface area contributed by atoms with Crippen molar-refractivity contribution in [3.8, 4) is 0 Å². The normalized spacial score (nSPS) is 10.5. The first kappa shape index (κ1) is 17.4. The summed E-state index contributed by atoms with van der Waals surface area (Å²) in [5.41, 5.74) is 3.97. The molecule has 0 aromatic heterocycles. The molecule has 0 saturated heterocycles. The summed E-state index contributed by atoms with van der Waals surface area (Å²) in [6, 6.07) is 19.6. The van der Waals surface area contributed by atoms with E-state index < -0.39 is 0 Å². The lowest BCUT2D eigenvalue weighted by Gasteiger charge is -2.24. The smallest absolute Gasteiger partial charge is 0.0367 e. The summed E-state index contributed by atoms with van der Waals surface area (Å²) >= 11 is 0. The second kappa shape index (κ2) is 9.94. The molecule has 124 valence electrons. The molecule has 1 N–H and O–H groups in total. The third-order valence-corrected chi connectivity index (χ3v) is 4.03. The molecule has 0 unspecified atom stereocenters. The fraction of sp³-hybridized carbons (Fsp3) is 0.429. The minimum Gasteiger partial charge on any atom is -0.385 e. The van der Waals surface area contributed by atoms with Gasteiger partial charge in [-0.25, -0.2) is 0 Å². The summed E-state index contributed by atoms with van der Waals surface area (Å²) in [5, 5.41) is 3.53. The van der Waals surface area contributed by atoms with Crippen molar-refractivity contribution in [3.05, 3.63) is 60.2 Å². The topological polar surface area (TPSA) is 15.3 Å². The highest BCUT2D eigenvalue weighted by Gasteiger charge is 2.04. The van der Waals surface area contributed by atoms with E-state index in [-0.39, 0.29) is 0 Å². The predicted octanol–water partition coefficient (Wildman–Crippen LogP) is 5.36. The third-order valence-electron chi connectivity index (χ3n) is 4.03. The van der Waals surface area contributed by atoms with E-state index in [1.807, 2.05) is 0 Å². The predicted molar refractivity (Wildman–Crippen MR) is 102 cm³/mol. The number of anilines is 2. The molecule has 0 heterocycles. The van der Waals surface area contributed by atoms with Gasteiger partial charge < -0.3 is 10.2 Å². The van der Waals surface area contributed by atoms with Crippen LogP contribution in [0.4, 0.5) is 11.4 Å². The fourth-order valence-electron chi connectivity index (χ4n) is 2.87. The van der Waals surface area contributed by atoms with Gasteiger partial charge in [-0.2, -0.15) is 0 Å². The van der Waals surface area contributed by atoms with Crippen molar-refractivity contribution in [2.45, 2.75) is 39.5 Å². The van der Waals surface area contributed by atoms with Gasteiger partial charge in [-0.1, -0.05) is 44.2 Å². The molecule has 0 aliphatic carbocycles.